The van der Waals surface area contributed by atoms with Crippen molar-refractivity contribution in [3.63, 3.8) is 0 Å². The van der Waals surface area contributed by atoms with Crippen molar-refractivity contribution in [3.05, 3.63) is 86.8 Å². The fraction of sp³-hybridized carbons (Fsp3) is 0.433. The summed E-state index contributed by atoms with van der Waals surface area (Å²) in [6, 6.07) is 17.4. The van der Waals surface area contributed by atoms with Crippen LogP contribution in [0.4, 0.5) is 5.95 Å². The van der Waals surface area contributed by atoms with Crippen LogP contribution in [0.3, 0.4) is 0 Å². The van der Waals surface area contributed by atoms with Crippen molar-refractivity contribution in [1.29, 1.82) is 0 Å². The molecule has 2 spiro atoms. The summed E-state index contributed by atoms with van der Waals surface area (Å²) in [5.41, 5.74) is 13.7. The predicted octanol–water partition coefficient (Wildman–Crippen LogP) is 3.21. The standard InChI is InChI=1S/C30H33N7O/c1-36-16-30(17-36)15-21(20-8-4-5-9-22(20)30)24-23-26(35-34-24)32-28(33-27(23)38)37-12-10-29(11-13-37)14-18-6-2-3-7-19(18)25(29)31/h2-9,21,25H,10-17,31H2,1H3,(H2,32,33,34,35,38)/t21-,25?/m0/s1. The summed E-state index contributed by atoms with van der Waals surface area (Å²) in [4.78, 5) is 26.1. The Labute approximate surface area is 221 Å². The summed E-state index contributed by atoms with van der Waals surface area (Å²) in [6.07, 6.45) is 3.98. The molecule has 0 amide bonds. The minimum absolute atomic E-state index is 0.0669. The van der Waals surface area contributed by atoms with E-state index in [1.54, 1.807) is 0 Å². The van der Waals surface area contributed by atoms with Gasteiger partial charge in [-0.15, -0.1) is 0 Å². The number of anilines is 1. The van der Waals surface area contributed by atoms with Crippen molar-refractivity contribution < 1.29 is 0 Å². The number of hydrogen-bond acceptors (Lipinski definition) is 6. The Morgan fingerprint density at radius 1 is 1.03 bits per heavy atom. The SMILES string of the molecule is CN1CC2(C[C@H](c3[nH]nc4nc(N5CCC6(CC5)Cc5ccccc5C6N)[nH]c(=O)c34)c3ccccc32)C1. The van der Waals surface area contributed by atoms with E-state index in [9.17, 15) is 4.79 Å². The van der Waals surface area contributed by atoms with E-state index in [1.165, 1.54) is 22.3 Å². The zero-order chi connectivity index (χ0) is 25.6. The van der Waals surface area contributed by atoms with Crippen molar-refractivity contribution >= 4 is 17.0 Å². The second kappa shape index (κ2) is 7.77. The average molecular weight is 508 g/mol. The van der Waals surface area contributed by atoms with Crippen LogP contribution in [0, 0.1) is 5.41 Å². The number of aromatic nitrogens is 4. The van der Waals surface area contributed by atoms with Crippen LogP contribution >= 0.6 is 0 Å². The highest BCUT2D eigenvalue weighted by Crippen LogP contribution is 2.53. The first-order valence-corrected chi connectivity index (χ1v) is 13.8. The number of fused-ring (bicyclic) bond motifs is 4. The van der Waals surface area contributed by atoms with Gasteiger partial charge in [0.2, 0.25) is 5.95 Å². The number of benzene rings is 2. The molecule has 0 bridgehead atoms. The van der Waals surface area contributed by atoms with E-state index in [4.69, 9.17) is 10.7 Å². The van der Waals surface area contributed by atoms with E-state index in [-0.39, 0.29) is 28.3 Å². The molecule has 4 heterocycles. The summed E-state index contributed by atoms with van der Waals surface area (Å²) in [5, 5.41) is 8.39. The Morgan fingerprint density at radius 3 is 2.53 bits per heavy atom. The molecular formula is C30H33N7O. The van der Waals surface area contributed by atoms with Gasteiger partial charge in [-0.1, -0.05) is 48.5 Å². The number of likely N-dealkylation sites (tertiary alicyclic amines) is 1. The van der Waals surface area contributed by atoms with Gasteiger partial charge in [-0.3, -0.25) is 14.9 Å². The molecule has 8 rings (SSSR count). The molecular weight excluding hydrogens is 474 g/mol. The van der Waals surface area contributed by atoms with Gasteiger partial charge < -0.3 is 15.5 Å². The second-order valence-electron chi connectivity index (χ2n) is 12.2. The van der Waals surface area contributed by atoms with Gasteiger partial charge in [0.1, 0.15) is 5.39 Å². The lowest BCUT2D eigenvalue weighted by Crippen LogP contribution is -2.56. The summed E-state index contributed by atoms with van der Waals surface area (Å²) in [6.45, 7) is 3.74. The fourth-order valence-electron chi connectivity index (χ4n) is 8.25. The molecule has 2 fully saturated rings. The lowest BCUT2D eigenvalue weighted by Gasteiger charge is -2.47. The van der Waals surface area contributed by atoms with Crippen LogP contribution in [-0.4, -0.2) is 58.3 Å². The Hall–Kier alpha value is -3.49. The molecule has 0 radical (unpaired) electrons. The molecule has 1 unspecified atom stereocenters. The highest BCUT2D eigenvalue weighted by molar-refractivity contribution is 5.79. The van der Waals surface area contributed by atoms with E-state index < -0.39 is 0 Å². The number of nitrogens with one attached hydrogen (secondary N) is 2. The molecule has 8 heteroatoms. The molecule has 2 aliphatic heterocycles. The number of hydrogen-bond donors (Lipinski definition) is 3. The third-order valence-electron chi connectivity index (χ3n) is 10.1. The van der Waals surface area contributed by atoms with Gasteiger partial charge >= 0.3 is 0 Å². The first kappa shape index (κ1) is 22.5. The van der Waals surface area contributed by atoms with Crippen LogP contribution in [-0.2, 0) is 11.8 Å². The van der Waals surface area contributed by atoms with Crippen LogP contribution in [0.15, 0.2) is 53.3 Å². The molecule has 4 N–H and O–H groups in total. The largest absolute Gasteiger partial charge is 0.342 e. The predicted molar refractivity (Wildman–Crippen MR) is 148 cm³/mol. The van der Waals surface area contributed by atoms with Crippen LogP contribution in [0.25, 0.3) is 11.0 Å². The maximum atomic E-state index is 13.5. The van der Waals surface area contributed by atoms with E-state index in [2.05, 4.69) is 80.6 Å². The number of aromatic amines is 2. The minimum atomic E-state index is -0.108. The number of rotatable bonds is 2. The lowest BCUT2D eigenvalue weighted by atomic mass is 9.73. The maximum Gasteiger partial charge on any atom is 0.263 e. The first-order chi connectivity index (χ1) is 18.5. The topological polar surface area (TPSA) is 107 Å². The first-order valence-electron chi connectivity index (χ1n) is 13.8. The Kier molecular flexibility index (Phi) is 4.60. The normalized spacial score (nSPS) is 25.2. The number of nitrogens with zero attached hydrogens (tertiary/aromatic N) is 4. The number of likely N-dealkylation sites (N-methyl/N-ethyl adjacent to an activating group) is 1. The molecule has 2 aliphatic carbocycles. The third kappa shape index (κ3) is 3.01. The molecule has 0 saturated carbocycles. The van der Waals surface area contributed by atoms with Gasteiger partial charge in [0.15, 0.2) is 5.65 Å². The zero-order valence-corrected chi connectivity index (χ0v) is 21.7. The van der Waals surface area contributed by atoms with E-state index in [0.717, 1.165) is 57.6 Å². The molecule has 8 nitrogen and oxygen atoms in total. The lowest BCUT2D eigenvalue weighted by molar-refractivity contribution is 0.0919. The molecule has 4 aliphatic rings. The Balaban J connectivity index is 1.08. The Bertz CT molecular complexity index is 1620. The highest BCUT2D eigenvalue weighted by Gasteiger charge is 2.51. The van der Waals surface area contributed by atoms with Crippen molar-refractivity contribution in [2.45, 2.75) is 43.1 Å². The number of nitrogens with two attached hydrogens (primary N) is 1. The smallest absolute Gasteiger partial charge is 0.263 e. The molecule has 2 aromatic heterocycles. The quantitative estimate of drug-likeness (QED) is 0.385. The minimum Gasteiger partial charge on any atom is -0.342 e. The van der Waals surface area contributed by atoms with Crippen molar-refractivity contribution in [1.82, 2.24) is 25.1 Å². The van der Waals surface area contributed by atoms with Crippen molar-refractivity contribution in [2.24, 2.45) is 11.1 Å². The molecule has 194 valence electrons. The van der Waals surface area contributed by atoms with Crippen LogP contribution in [0.2, 0.25) is 0 Å². The molecule has 2 aromatic carbocycles. The fourth-order valence-corrected chi connectivity index (χ4v) is 8.25. The summed E-state index contributed by atoms with van der Waals surface area (Å²) >= 11 is 0. The van der Waals surface area contributed by atoms with E-state index in [0.29, 0.717) is 17.0 Å². The maximum absolute atomic E-state index is 13.5. The number of H-pyrrole nitrogens is 2. The van der Waals surface area contributed by atoms with Gasteiger partial charge in [0.05, 0.1) is 5.69 Å². The van der Waals surface area contributed by atoms with Crippen LogP contribution in [0.1, 0.15) is 59.2 Å². The van der Waals surface area contributed by atoms with Gasteiger partial charge in [0, 0.05) is 43.6 Å². The second-order valence-corrected chi connectivity index (χ2v) is 12.2. The van der Waals surface area contributed by atoms with E-state index >= 15 is 0 Å². The van der Waals surface area contributed by atoms with Gasteiger partial charge in [-0.2, -0.15) is 10.1 Å². The van der Waals surface area contributed by atoms with Gasteiger partial charge in [-0.25, -0.2) is 0 Å². The molecule has 2 saturated heterocycles. The highest BCUT2D eigenvalue weighted by atomic mass is 16.1. The summed E-state index contributed by atoms with van der Waals surface area (Å²) in [7, 11) is 2.17. The average Bonchev–Trinajstić information content (AvgIpc) is 3.56. The number of piperidine rings is 1. The van der Waals surface area contributed by atoms with E-state index in [1.807, 2.05) is 0 Å². The Morgan fingerprint density at radius 2 is 1.76 bits per heavy atom. The third-order valence-corrected chi connectivity index (χ3v) is 10.1. The molecule has 38 heavy (non-hydrogen) atoms. The summed E-state index contributed by atoms with van der Waals surface area (Å²) in [5.74, 6) is 0.738. The van der Waals surface area contributed by atoms with Crippen molar-refractivity contribution in [2.75, 3.05) is 38.1 Å². The van der Waals surface area contributed by atoms with Crippen molar-refractivity contribution in [3.8, 4) is 0 Å². The zero-order valence-electron chi connectivity index (χ0n) is 21.7. The molecule has 4 aromatic rings. The van der Waals surface area contributed by atoms with Gasteiger partial charge in [-0.05, 0) is 60.4 Å². The summed E-state index contributed by atoms with van der Waals surface area (Å²) < 4.78 is 0. The van der Waals surface area contributed by atoms with Crippen LogP contribution < -0.4 is 16.2 Å². The monoisotopic (exact) mass is 507 g/mol. The van der Waals surface area contributed by atoms with Gasteiger partial charge in [0.25, 0.3) is 5.56 Å². The van der Waals surface area contributed by atoms with Crippen LogP contribution in [0.5, 0.6) is 0 Å². The molecule has 2 atom stereocenters.